The van der Waals surface area contributed by atoms with E-state index >= 15 is 0 Å². The maximum atomic E-state index is 14.9. The second-order valence-electron chi connectivity index (χ2n) is 8.70. The predicted molar refractivity (Wildman–Crippen MR) is 128 cm³/mol. The SMILES string of the molecule is CN1CCN(C(=O)c2c(-c3c(F)cccc3Cl)noc2-c2cnn(-c3ccccc3F)c2C(F)(F)F)CC1. The summed E-state index contributed by atoms with van der Waals surface area (Å²) in [5.74, 6) is -3.09. The van der Waals surface area contributed by atoms with E-state index in [1.807, 2.05) is 11.9 Å². The van der Waals surface area contributed by atoms with Gasteiger partial charge in [-0.15, -0.1) is 0 Å². The molecule has 1 aliphatic rings. The Hall–Kier alpha value is -3.77. The summed E-state index contributed by atoms with van der Waals surface area (Å²) < 4.78 is 78.3. The van der Waals surface area contributed by atoms with Crippen LogP contribution in [0.3, 0.4) is 0 Å². The summed E-state index contributed by atoms with van der Waals surface area (Å²) in [5, 5.41) is 7.45. The summed E-state index contributed by atoms with van der Waals surface area (Å²) in [6.07, 6.45) is -4.24. The van der Waals surface area contributed by atoms with Gasteiger partial charge in [-0.05, 0) is 31.3 Å². The third kappa shape index (κ3) is 4.54. The van der Waals surface area contributed by atoms with Gasteiger partial charge in [-0.25, -0.2) is 13.5 Å². The number of nitrogens with zero attached hydrogens (tertiary/aromatic N) is 5. The van der Waals surface area contributed by atoms with Gasteiger partial charge in [-0.2, -0.15) is 18.3 Å². The zero-order chi connectivity index (χ0) is 27.2. The Morgan fingerprint density at radius 2 is 1.68 bits per heavy atom. The van der Waals surface area contributed by atoms with Crippen molar-refractivity contribution in [2.45, 2.75) is 6.18 Å². The van der Waals surface area contributed by atoms with Crippen LogP contribution >= 0.6 is 11.6 Å². The number of para-hydroxylation sites is 1. The Bertz CT molecular complexity index is 1490. The fourth-order valence-electron chi connectivity index (χ4n) is 4.33. The van der Waals surface area contributed by atoms with Crippen LogP contribution in [0.4, 0.5) is 22.0 Å². The van der Waals surface area contributed by atoms with E-state index < -0.39 is 52.0 Å². The predicted octanol–water partition coefficient (Wildman–Crippen LogP) is 5.53. The normalized spacial score (nSPS) is 14.8. The standard InChI is InChI=1S/C25H19ClF5N5O2/c1-34-9-11-35(12-10-34)24(37)20-21(19-15(26)5-4-7-17(19)28)33-38-22(20)14-13-32-36(23(14)25(29,30)31)18-8-3-2-6-16(18)27/h2-8,13H,9-12H2,1H3. The van der Waals surface area contributed by atoms with Gasteiger partial charge >= 0.3 is 6.18 Å². The number of aromatic nitrogens is 3. The minimum Gasteiger partial charge on any atom is -0.355 e. The Kier molecular flexibility index (Phi) is 6.70. The number of amides is 1. The molecule has 0 unspecified atom stereocenters. The Morgan fingerprint density at radius 3 is 2.34 bits per heavy atom. The number of benzene rings is 2. The van der Waals surface area contributed by atoms with Gasteiger partial charge in [0.2, 0.25) is 0 Å². The smallest absolute Gasteiger partial charge is 0.355 e. The molecule has 0 saturated carbocycles. The molecular weight excluding hydrogens is 533 g/mol. The van der Waals surface area contributed by atoms with Crippen molar-refractivity contribution in [1.29, 1.82) is 0 Å². The molecular formula is C25H19ClF5N5O2. The fraction of sp³-hybridized carbons (Fsp3) is 0.240. The van der Waals surface area contributed by atoms with Crippen molar-refractivity contribution in [3.05, 3.63) is 76.6 Å². The molecule has 3 heterocycles. The lowest BCUT2D eigenvalue weighted by molar-refractivity contribution is -0.142. The van der Waals surface area contributed by atoms with Crippen molar-refractivity contribution in [3.63, 3.8) is 0 Å². The van der Waals surface area contributed by atoms with Gasteiger partial charge in [0.1, 0.15) is 28.6 Å². The van der Waals surface area contributed by atoms with Gasteiger partial charge in [0.15, 0.2) is 11.5 Å². The quantitative estimate of drug-likeness (QED) is 0.312. The van der Waals surface area contributed by atoms with Crippen LogP contribution in [0.1, 0.15) is 16.1 Å². The Balaban J connectivity index is 1.75. The molecule has 7 nitrogen and oxygen atoms in total. The first-order valence-corrected chi connectivity index (χ1v) is 11.8. The molecule has 198 valence electrons. The molecule has 1 amide bonds. The van der Waals surface area contributed by atoms with E-state index in [4.69, 9.17) is 16.1 Å². The van der Waals surface area contributed by atoms with Crippen molar-refractivity contribution < 1.29 is 31.3 Å². The van der Waals surface area contributed by atoms with Crippen molar-refractivity contribution in [3.8, 4) is 28.3 Å². The third-order valence-electron chi connectivity index (χ3n) is 6.26. The number of carbonyl (C=O) groups excluding carboxylic acids is 1. The molecule has 2 aromatic carbocycles. The van der Waals surface area contributed by atoms with Gasteiger partial charge in [0.25, 0.3) is 5.91 Å². The number of halogens is 6. The minimum atomic E-state index is -5.05. The summed E-state index contributed by atoms with van der Waals surface area (Å²) in [7, 11) is 1.86. The van der Waals surface area contributed by atoms with E-state index in [2.05, 4.69) is 10.3 Å². The lowest BCUT2D eigenvalue weighted by atomic mass is 10.0. The minimum absolute atomic E-state index is 0.115. The Morgan fingerprint density at radius 1 is 1.00 bits per heavy atom. The van der Waals surface area contributed by atoms with Gasteiger partial charge in [-0.3, -0.25) is 4.79 Å². The number of carbonyl (C=O) groups is 1. The van der Waals surface area contributed by atoms with Crippen LogP contribution in [0, 0.1) is 11.6 Å². The largest absolute Gasteiger partial charge is 0.434 e. The summed E-state index contributed by atoms with van der Waals surface area (Å²) in [4.78, 5) is 17.1. The highest BCUT2D eigenvalue weighted by atomic mass is 35.5. The van der Waals surface area contributed by atoms with Crippen LogP contribution in [-0.2, 0) is 6.18 Å². The van der Waals surface area contributed by atoms with Crippen LogP contribution in [0.5, 0.6) is 0 Å². The zero-order valence-corrected chi connectivity index (χ0v) is 20.5. The van der Waals surface area contributed by atoms with Crippen LogP contribution in [0.15, 0.2) is 53.2 Å². The van der Waals surface area contributed by atoms with Gasteiger partial charge in [0.05, 0.1) is 22.3 Å². The molecule has 13 heteroatoms. The molecule has 0 N–H and O–H groups in total. The molecule has 1 fully saturated rings. The van der Waals surface area contributed by atoms with Crippen LogP contribution in [-0.4, -0.2) is 63.9 Å². The van der Waals surface area contributed by atoms with Crippen molar-refractivity contribution in [2.75, 3.05) is 33.2 Å². The number of hydrogen-bond acceptors (Lipinski definition) is 5. The molecule has 1 aliphatic heterocycles. The maximum absolute atomic E-state index is 14.9. The lowest BCUT2D eigenvalue weighted by Gasteiger charge is -2.32. The van der Waals surface area contributed by atoms with E-state index in [0.29, 0.717) is 17.8 Å². The van der Waals surface area contributed by atoms with E-state index in [1.54, 1.807) is 0 Å². The molecule has 0 spiro atoms. The maximum Gasteiger partial charge on any atom is 0.434 e. The number of alkyl halides is 3. The first-order chi connectivity index (χ1) is 18.1. The fourth-order valence-corrected chi connectivity index (χ4v) is 4.58. The molecule has 0 atom stereocenters. The van der Waals surface area contributed by atoms with Crippen molar-refractivity contribution in [1.82, 2.24) is 24.7 Å². The number of likely N-dealkylation sites (N-methyl/N-ethyl adjacent to an activating group) is 1. The molecule has 0 aliphatic carbocycles. The molecule has 1 saturated heterocycles. The molecule has 0 bridgehead atoms. The van der Waals surface area contributed by atoms with Crippen molar-refractivity contribution >= 4 is 17.5 Å². The number of hydrogen-bond donors (Lipinski definition) is 0. The second kappa shape index (κ2) is 9.84. The van der Waals surface area contributed by atoms with Crippen molar-refractivity contribution in [2.24, 2.45) is 0 Å². The van der Waals surface area contributed by atoms with Crippen LogP contribution in [0.25, 0.3) is 28.3 Å². The van der Waals surface area contributed by atoms with Crippen LogP contribution in [0.2, 0.25) is 5.02 Å². The van der Waals surface area contributed by atoms with E-state index in [0.717, 1.165) is 24.4 Å². The average Bonchev–Trinajstić information content (AvgIpc) is 3.49. The van der Waals surface area contributed by atoms with Crippen LogP contribution < -0.4 is 0 Å². The summed E-state index contributed by atoms with van der Waals surface area (Å²) in [6, 6.07) is 8.57. The second-order valence-corrected chi connectivity index (χ2v) is 9.10. The highest BCUT2D eigenvalue weighted by Gasteiger charge is 2.43. The lowest BCUT2D eigenvalue weighted by Crippen LogP contribution is -2.47. The van der Waals surface area contributed by atoms with E-state index in [1.165, 1.54) is 29.2 Å². The highest BCUT2D eigenvalue weighted by Crippen LogP contribution is 2.43. The molecule has 0 radical (unpaired) electrons. The molecule has 5 rings (SSSR count). The summed E-state index contributed by atoms with van der Waals surface area (Å²) >= 11 is 6.21. The monoisotopic (exact) mass is 551 g/mol. The first kappa shape index (κ1) is 25.9. The van der Waals surface area contributed by atoms with Gasteiger partial charge < -0.3 is 14.3 Å². The van der Waals surface area contributed by atoms with Gasteiger partial charge in [-0.1, -0.05) is 35.0 Å². The Labute approximate surface area is 218 Å². The number of piperazine rings is 1. The molecule has 38 heavy (non-hydrogen) atoms. The summed E-state index contributed by atoms with van der Waals surface area (Å²) in [5.41, 5.74) is -3.56. The first-order valence-electron chi connectivity index (χ1n) is 11.4. The number of rotatable bonds is 4. The summed E-state index contributed by atoms with van der Waals surface area (Å²) in [6.45, 7) is 1.57. The highest BCUT2D eigenvalue weighted by molar-refractivity contribution is 6.33. The average molecular weight is 552 g/mol. The third-order valence-corrected chi connectivity index (χ3v) is 6.57. The molecule has 2 aromatic heterocycles. The molecule has 4 aromatic rings. The zero-order valence-electron chi connectivity index (χ0n) is 19.8. The van der Waals surface area contributed by atoms with E-state index in [9.17, 15) is 26.7 Å². The van der Waals surface area contributed by atoms with Gasteiger partial charge in [0, 0.05) is 26.2 Å². The van der Waals surface area contributed by atoms with E-state index in [-0.39, 0.29) is 29.4 Å². The topological polar surface area (TPSA) is 67.4 Å².